The third-order valence-corrected chi connectivity index (χ3v) is 4.82. The summed E-state index contributed by atoms with van der Waals surface area (Å²) in [6, 6.07) is 10.7. The molecule has 2 aliphatic rings. The summed E-state index contributed by atoms with van der Waals surface area (Å²) < 4.78 is 0. The number of benzene rings is 1. The molecule has 1 aromatic rings. The molecule has 0 bridgehead atoms. The van der Waals surface area contributed by atoms with E-state index in [0.717, 1.165) is 24.8 Å². The fourth-order valence-corrected chi connectivity index (χ4v) is 3.46. The molecule has 1 aromatic carbocycles. The van der Waals surface area contributed by atoms with Crippen molar-refractivity contribution >= 4 is 0 Å². The normalized spacial score (nSPS) is 31.9. The van der Waals surface area contributed by atoms with Crippen LogP contribution in [0.4, 0.5) is 0 Å². The SMILES string of the molecule is CC1CCC(C#N)(C(O)c2cccc(C3CC3)c2)C1. The summed E-state index contributed by atoms with van der Waals surface area (Å²) in [6.07, 6.45) is 4.58. The summed E-state index contributed by atoms with van der Waals surface area (Å²) in [6.45, 7) is 2.17. The molecule has 0 aliphatic heterocycles. The standard InChI is InChI=1S/C17H21NO/c1-12-7-8-17(10-12,11-18)16(19)15-4-2-3-14(9-15)13-5-6-13/h2-4,9,12-13,16,19H,5-8,10H2,1H3. The molecule has 2 heteroatoms. The van der Waals surface area contributed by atoms with Crippen LogP contribution in [0.15, 0.2) is 24.3 Å². The van der Waals surface area contributed by atoms with Gasteiger partial charge in [0.1, 0.15) is 0 Å². The highest BCUT2D eigenvalue weighted by Gasteiger charge is 2.44. The van der Waals surface area contributed by atoms with Gasteiger partial charge in [-0.05, 0) is 55.1 Å². The van der Waals surface area contributed by atoms with E-state index < -0.39 is 11.5 Å². The number of hydrogen-bond acceptors (Lipinski definition) is 2. The van der Waals surface area contributed by atoms with Crippen molar-refractivity contribution in [1.29, 1.82) is 5.26 Å². The van der Waals surface area contributed by atoms with Crippen molar-refractivity contribution in [3.05, 3.63) is 35.4 Å². The van der Waals surface area contributed by atoms with Gasteiger partial charge >= 0.3 is 0 Å². The fourth-order valence-electron chi connectivity index (χ4n) is 3.46. The van der Waals surface area contributed by atoms with Crippen LogP contribution in [0, 0.1) is 22.7 Å². The minimum Gasteiger partial charge on any atom is -0.387 e. The maximum Gasteiger partial charge on any atom is 0.0976 e. The van der Waals surface area contributed by atoms with Crippen molar-refractivity contribution in [3.8, 4) is 6.07 Å². The smallest absolute Gasteiger partial charge is 0.0976 e. The van der Waals surface area contributed by atoms with E-state index in [2.05, 4.69) is 25.1 Å². The molecule has 3 atom stereocenters. The van der Waals surface area contributed by atoms with Gasteiger partial charge < -0.3 is 5.11 Å². The third kappa shape index (κ3) is 2.28. The van der Waals surface area contributed by atoms with E-state index in [0.29, 0.717) is 11.8 Å². The summed E-state index contributed by atoms with van der Waals surface area (Å²) in [4.78, 5) is 0. The number of aliphatic hydroxyl groups excluding tert-OH is 1. The van der Waals surface area contributed by atoms with Gasteiger partial charge in [-0.3, -0.25) is 0 Å². The first-order valence-corrected chi connectivity index (χ1v) is 7.34. The summed E-state index contributed by atoms with van der Waals surface area (Å²) in [7, 11) is 0. The first kappa shape index (κ1) is 12.7. The van der Waals surface area contributed by atoms with E-state index in [1.807, 2.05) is 12.1 Å². The van der Waals surface area contributed by atoms with Gasteiger partial charge in [-0.2, -0.15) is 5.26 Å². The van der Waals surface area contributed by atoms with Crippen LogP contribution in [0.5, 0.6) is 0 Å². The molecule has 0 heterocycles. The van der Waals surface area contributed by atoms with Gasteiger partial charge in [0.05, 0.1) is 17.6 Å². The zero-order valence-corrected chi connectivity index (χ0v) is 11.5. The highest BCUT2D eigenvalue weighted by Crippen LogP contribution is 2.50. The predicted octanol–water partition coefficient (Wildman–Crippen LogP) is 3.93. The molecule has 0 amide bonds. The largest absolute Gasteiger partial charge is 0.387 e. The highest BCUT2D eigenvalue weighted by atomic mass is 16.3. The van der Waals surface area contributed by atoms with Crippen LogP contribution < -0.4 is 0 Å². The number of nitriles is 1. The van der Waals surface area contributed by atoms with E-state index in [-0.39, 0.29) is 0 Å². The molecular weight excluding hydrogens is 234 g/mol. The van der Waals surface area contributed by atoms with Gasteiger partial charge in [0.15, 0.2) is 0 Å². The Morgan fingerprint density at radius 1 is 1.37 bits per heavy atom. The van der Waals surface area contributed by atoms with E-state index in [1.54, 1.807) is 0 Å². The van der Waals surface area contributed by atoms with Crippen LogP contribution in [0.3, 0.4) is 0 Å². The zero-order valence-electron chi connectivity index (χ0n) is 11.5. The summed E-state index contributed by atoms with van der Waals surface area (Å²) in [5.74, 6) is 1.23. The minimum absolute atomic E-state index is 0.543. The Labute approximate surface area is 115 Å². The molecule has 19 heavy (non-hydrogen) atoms. The zero-order chi connectivity index (χ0) is 13.5. The minimum atomic E-state index is -0.638. The Morgan fingerprint density at radius 2 is 2.16 bits per heavy atom. The topological polar surface area (TPSA) is 44.0 Å². The van der Waals surface area contributed by atoms with Crippen molar-refractivity contribution in [2.45, 2.75) is 51.0 Å². The lowest BCUT2D eigenvalue weighted by Crippen LogP contribution is -2.24. The molecule has 3 rings (SSSR count). The summed E-state index contributed by atoms with van der Waals surface area (Å²) in [5, 5.41) is 20.2. The second-order valence-corrected chi connectivity index (χ2v) is 6.46. The van der Waals surface area contributed by atoms with Gasteiger partial charge in [-0.15, -0.1) is 0 Å². The van der Waals surface area contributed by atoms with Crippen LogP contribution in [0.2, 0.25) is 0 Å². The van der Waals surface area contributed by atoms with E-state index >= 15 is 0 Å². The quantitative estimate of drug-likeness (QED) is 0.889. The van der Waals surface area contributed by atoms with Gasteiger partial charge in [0.25, 0.3) is 0 Å². The van der Waals surface area contributed by atoms with Gasteiger partial charge in [0.2, 0.25) is 0 Å². The van der Waals surface area contributed by atoms with Crippen LogP contribution in [-0.2, 0) is 0 Å². The van der Waals surface area contributed by atoms with Gasteiger partial charge in [-0.25, -0.2) is 0 Å². The van der Waals surface area contributed by atoms with Crippen molar-refractivity contribution in [1.82, 2.24) is 0 Å². The summed E-state index contributed by atoms with van der Waals surface area (Å²) >= 11 is 0. The molecule has 0 radical (unpaired) electrons. The van der Waals surface area contributed by atoms with Gasteiger partial charge in [0, 0.05) is 0 Å². The van der Waals surface area contributed by atoms with Crippen molar-refractivity contribution in [3.63, 3.8) is 0 Å². The van der Waals surface area contributed by atoms with Crippen molar-refractivity contribution in [2.24, 2.45) is 11.3 Å². The second kappa shape index (κ2) is 4.65. The maximum atomic E-state index is 10.7. The molecule has 0 aromatic heterocycles. The fraction of sp³-hybridized carbons (Fsp3) is 0.588. The summed E-state index contributed by atoms with van der Waals surface area (Å²) in [5.41, 5.74) is 1.69. The third-order valence-electron chi connectivity index (χ3n) is 4.82. The molecule has 1 N–H and O–H groups in total. The molecular formula is C17H21NO. The Balaban J connectivity index is 1.88. The molecule has 2 saturated carbocycles. The Hall–Kier alpha value is -1.33. The predicted molar refractivity (Wildman–Crippen MR) is 74.4 cm³/mol. The molecule has 2 fully saturated rings. The Kier molecular flexibility index (Phi) is 3.11. The maximum absolute atomic E-state index is 10.7. The molecule has 100 valence electrons. The van der Waals surface area contributed by atoms with Crippen LogP contribution in [0.25, 0.3) is 0 Å². The molecule has 3 unspecified atom stereocenters. The Morgan fingerprint density at radius 3 is 2.74 bits per heavy atom. The van der Waals surface area contributed by atoms with E-state index in [9.17, 15) is 10.4 Å². The molecule has 2 nitrogen and oxygen atoms in total. The van der Waals surface area contributed by atoms with Crippen LogP contribution in [-0.4, -0.2) is 5.11 Å². The average molecular weight is 255 g/mol. The number of nitrogens with zero attached hydrogens (tertiary/aromatic N) is 1. The average Bonchev–Trinajstić information content (AvgIpc) is 3.22. The lowest BCUT2D eigenvalue weighted by atomic mass is 9.78. The molecule has 0 spiro atoms. The van der Waals surface area contributed by atoms with Crippen molar-refractivity contribution in [2.75, 3.05) is 0 Å². The number of aliphatic hydroxyl groups is 1. The van der Waals surface area contributed by atoms with Crippen molar-refractivity contribution < 1.29 is 5.11 Å². The lowest BCUT2D eigenvalue weighted by molar-refractivity contribution is 0.0646. The van der Waals surface area contributed by atoms with Gasteiger partial charge in [-0.1, -0.05) is 31.2 Å². The van der Waals surface area contributed by atoms with Crippen LogP contribution in [0.1, 0.15) is 62.2 Å². The van der Waals surface area contributed by atoms with E-state index in [1.165, 1.54) is 18.4 Å². The van der Waals surface area contributed by atoms with Crippen LogP contribution >= 0.6 is 0 Å². The highest BCUT2D eigenvalue weighted by molar-refractivity contribution is 5.32. The lowest BCUT2D eigenvalue weighted by Gasteiger charge is -2.28. The first-order valence-electron chi connectivity index (χ1n) is 7.34. The van der Waals surface area contributed by atoms with E-state index in [4.69, 9.17) is 0 Å². The monoisotopic (exact) mass is 255 g/mol. The number of hydrogen-bond donors (Lipinski definition) is 1. The number of rotatable bonds is 3. The second-order valence-electron chi connectivity index (χ2n) is 6.46. The molecule has 0 saturated heterocycles. The Bertz CT molecular complexity index is 514. The molecule has 2 aliphatic carbocycles. The first-order chi connectivity index (χ1) is 9.14.